The molecule has 1 heterocycles. The molecule has 4 nitrogen and oxygen atoms in total. The van der Waals surface area contributed by atoms with Crippen LogP contribution in [0.5, 0.6) is 0 Å². The third-order valence-electron chi connectivity index (χ3n) is 2.31. The number of hydrazine groups is 1. The van der Waals surface area contributed by atoms with E-state index in [4.69, 9.17) is 5.84 Å². The molecule has 5 heteroatoms. The number of nitrogens with one attached hydrogen (secondary N) is 2. The van der Waals surface area contributed by atoms with E-state index in [0.29, 0.717) is 5.56 Å². The van der Waals surface area contributed by atoms with Gasteiger partial charge in [-0.2, -0.15) is 0 Å². The number of amides is 1. The fourth-order valence-corrected chi connectivity index (χ4v) is 2.03. The van der Waals surface area contributed by atoms with Crippen LogP contribution in [0.15, 0.2) is 22.7 Å². The molecule has 0 bridgehead atoms. The van der Waals surface area contributed by atoms with Gasteiger partial charge in [-0.3, -0.25) is 10.2 Å². The summed E-state index contributed by atoms with van der Waals surface area (Å²) in [6.45, 7) is 1.85. The van der Waals surface area contributed by atoms with E-state index in [1.54, 1.807) is 0 Å². The number of carbonyl (C=O) groups excluding carboxylic acids is 1. The number of rotatable bonds is 1. The number of benzene rings is 1. The summed E-state index contributed by atoms with van der Waals surface area (Å²) in [7, 11) is 0. The molecule has 2 aromatic rings. The van der Waals surface area contributed by atoms with E-state index in [0.717, 1.165) is 21.1 Å². The molecule has 0 saturated heterocycles. The molecule has 0 aliphatic rings. The van der Waals surface area contributed by atoms with Gasteiger partial charge in [-0.05, 0) is 19.1 Å². The Hall–Kier alpha value is -1.33. The van der Waals surface area contributed by atoms with Crippen LogP contribution in [0.1, 0.15) is 16.1 Å². The van der Waals surface area contributed by atoms with Crippen molar-refractivity contribution in [2.75, 3.05) is 0 Å². The molecule has 0 aliphatic carbocycles. The number of carbonyl (C=O) groups is 1. The van der Waals surface area contributed by atoms with Gasteiger partial charge in [0.25, 0.3) is 5.91 Å². The van der Waals surface area contributed by atoms with Crippen LogP contribution >= 0.6 is 15.9 Å². The normalized spacial score (nSPS) is 10.6. The van der Waals surface area contributed by atoms with Gasteiger partial charge in [0.05, 0.1) is 5.56 Å². The van der Waals surface area contributed by atoms with Crippen molar-refractivity contribution in [1.82, 2.24) is 10.4 Å². The van der Waals surface area contributed by atoms with Crippen LogP contribution in [-0.4, -0.2) is 10.9 Å². The van der Waals surface area contributed by atoms with Gasteiger partial charge >= 0.3 is 0 Å². The predicted molar refractivity (Wildman–Crippen MR) is 62.4 cm³/mol. The Balaban J connectivity index is 2.73. The highest BCUT2D eigenvalue weighted by Gasteiger charge is 2.14. The minimum atomic E-state index is -0.277. The van der Waals surface area contributed by atoms with Crippen LogP contribution in [0, 0.1) is 6.92 Å². The van der Waals surface area contributed by atoms with Crippen molar-refractivity contribution in [2.24, 2.45) is 5.84 Å². The van der Waals surface area contributed by atoms with Crippen LogP contribution in [0.3, 0.4) is 0 Å². The Bertz CT molecular complexity index is 533. The summed E-state index contributed by atoms with van der Waals surface area (Å²) in [6.07, 6.45) is 0. The quantitative estimate of drug-likeness (QED) is 0.419. The van der Waals surface area contributed by atoms with Gasteiger partial charge < -0.3 is 4.98 Å². The molecule has 1 amide bonds. The second-order valence-electron chi connectivity index (χ2n) is 3.29. The molecule has 15 heavy (non-hydrogen) atoms. The predicted octanol–water partition coefficient (Wildman–Crippen LogP) is 1.84. The number of hydrogen-bond acceptors (Lipinski definition) is 2. The van der Waals surface area contributed by atoms with E-state index in [1.165, 1.54) is 0 Å². The largest absolute Gasteiger partial charge is 0.358 e. The van der Waals surface area contributed by atoms with Crippen LogP contribution in [-0.2, 0) is 0 Å². The Morgan fingerprint density at radius 2 is 2.27 bits per heavy atom. The second kappa shape index (κ2) is 3.67. The zero-order valence-electron chi connectivity index (χ0n) is 8.10. The maximum absolute atomic E-state index is 11.5. The molecule has 0 radical (unpaired) electrons. The van der Waals surface area contributed by atoms with Crippen molar-refractivity contribution in [3.63, 3.8) is 0 Å². The minimum Gasteiger partial charge on any atom is -0.358 e. The molecule has 1 aromatic carbocycles. The molecule has 0 spiro atoms. The third kappa shape index (κ3) is 1.64. The maximum Gasteiger partial charge on any atom is 0.267 e. The summed E-state index contributed by atoms with van der Waals surface area (Å²) < 4.78 is 0.968. The lowest BCUT2D eigenvalue weighted by Gasteiger charge is -1.98. The number of aryl methyl sites for hydroxylation is 1. The van der Waals surface area contributed by atoms with Gasteiger partial charge in [-0.1, -0.05) is 22.0 Å². The fraction of sp³-hybridized carbons (Fsp3) is 0.100. The lowest BCUT2D eigenvalue weighted by molar-refractivity contribution is 0.0955. The summed E-state index contributed by atoms with van der Waals surface area (Å²) in [4.78, 5) is 14.7. The number of hydrogen-bond donors (Lipinski definition) is 3. The average molecular weight is 268 g/mol. The van der Waals surface area contributed by atoms with Crippen molar-refractivity contribution in [1.29, 1.82) is 0 Å². The molecular formula is C10H10BrN3O. The number of nitrogens with two attached hydrogens (primary N) is 1. The van der Waals surface area contributed by atoms with Gasteiger partial charge in [-0.15, -0.1) is 0 Å². The Kier molecular flexibility index (Phi) is 2.50. The molecule has 0 unspecified atom stereocenters. The number of halogens is 1. The lowest BCUT2D eigenvalue weighted by atomic mass is 10.1. The highest BCUT2D eigenvalue weighted by atomic mass is 79.9. The zero-order valence-corrected chi connectivity index (χ0v) is 9.68. The Morgan fingerprint density at radius 3 is 2.93 bits per heavy atom. The van der Waals surface area contributed by atoms with Crippen molar-refractivity contribution in [3.8, 4) is 0 Å². The SMILES string of the molecule is Cc1[nH]c2cc(Br)ccc2c1C(=O)NN. The average Bonchev–Trinajstić information content (AvgIpc) is 2.52. The Morgan fingerprint density at radius 1 is 1.53 bits per heavy atom. The van der Waals surface area contributed by atoms with E-state index in [-0.39, 0.29) is 5.91 Å². The number of H-pyrrole nitrogens is 1. The molecule has 0 atom stereocenters. The van der Waals surface area contributed by atoms with Gasteiger partial charge in [0.15, 0.2) is 0 Å². The first-order valence-electron chi connectivity index (χ1n) is 4.42. The summed E-state index contributed by atoms with van der Waals surface area (Å²) >= 11 is 3.38. The highest BCUT2D eigenvalue weighted by molar-refractivity contribution is 9.10. The first-order valence-corrected chi connectivity index (χ1v) is 5.21. The topological polar surface area (TPSA) is 70.9 Å². The van der Waals surface area contributed by atoms with Gasteiger partial charge in [0.2, 0.25) is 0 Å². The number of fused-ring (bicyclic) bond motifs is 1. The monoisotopic (exact) mass is 267 g/mol. The van der Waals surface area contributed by atoms with Crippen molar-refractivity contribution in [2.45, 2.75) is 6.92 Å². The number of nitrogen functional groups attached to an aromatic ring is 1. The molecule has 4 N–H and O–H groups in total. The van der Waals surface area contributed by atoms with Crippen molar-refractivity contribution >= 4 is 32.7 Å². The van der Waals surface area contributed by atoms with Crippen LogP contribution in [0.25, 0.3) is 10.9 Å². The van der Waals surface area contributed by atoms with Crippen LogP contribution < -0.4 is 11.3 Å². The van der Waals surface area contributed by atoms with Crippen LogP contribution in [0.4, 0.5) is 0 Å². The van der Waals surface area contributed by atoms with E-state index in [2.05, 4.69) is 26.3 Å². The van der Waals surface area contributed by atoms with Gasteiger partial charge in [0.1, 0.15) is 0 Å². The summed E-state index contributed by atoms with van der Waals surface area (Å²) in [6, 6.07) is 5.70. The summed E-state index contributed by atoms with van der Waals surface area (Å²) in [5, 5.41) is 0.874. The molecule has 1 aromatic heterocycles. The number of aromatic nitrogens is 1. The smallest absolute Gasteiger partial charge is 0.267 e. The molecule has 78 valence electrons. The molecular weight excluding hydrogens is 258 g/mol. The molecule has 0 aliphatic heterocycles. The van der Waals surface area contributed by atoms with Gasteiger partial charge in [0, 0.05) is 21.1 Å². The standard InChI is InChI=1S/C10H10BrN3O/c1-5-9(10(15)14-12)7-3-2-6(11)4-8(7)13-5/h2-4,13H,12H2,1H3,(H,14,15). The fourth-order valence-electron chi connectivity index (χ4n) is 1.67. The van der Waals surface area contributed by atoms with Crippen molar-refractivity contribution in [3.05, 3.63) is 33.9 Å². The highest BCUT2D eigenvalue weighted by Crippen LogP contribution is 2.24. The van der Waals surface area contributed by atoms with E-state index in [9.17, 15) is 4.79 Å². The summed E-state index contributed by atoms with van der Waals surface area (Å²) in [5.41, 5.74) is 4.47. The Labute approximate surface area is 94.9 Å². The molecule has 0 saturated carbocycles. The first kappa shape index (κ1) is 10.2. The second-order valence-corrected chi connectivity index (χ2v) is 4.20. The van der Waals surface area contributed by atoms with E-state index < -0.39 is 0 Å². The molecule has 2 rings (SSSR count). The third-order valence-corrected chi connectivity index (χ3v) is 2.80. The molecule has 0 fully saturated rings. The van der Waals surface area contributed by atoms with E-state index >= 15 is 0 Å². The first-order chi connectivity index (χ1) is 7.13. The number of aromatic amines is 1. The minimum absolute atomic E-state index is 0.277. The van der Waals surface area contributed by atoms with Gasteiger partial charge in [-0.25, -0.2) is 5.84 Å². The summed E-state index contributed by atoms with van der Waals surface area (Å²) in [5.74, 6) is 4.85. The maximum atomic E-state index is 11.5. The lowest BCUT2D eigenvalue weighted by Crippen LogP contribution is -2.30. The zero-order chi connectivity index (χ0) is 11.0. The van der Waals surface area contributed by atoms with E-state index in [1.807, 2.05) is 25.1 Å². The van der Waals surface area contributed by atoms with Crippen LogP contribution in [0.2, 0.25) is 0 Å². The van der Waals surface area contributed by atoms with Crippen molar-refractivity contribution < 1.29 is 4.79 Å².